The first-order valence-corrected chi connectivity index (χ1v) is 6.97. The van der Waals surface area contributed by atoms with Gasteiger partial charge >= 0.3 is 0 Å². The molecule has 1 saturated carbocycles. The van der Waals surface area contributed by atoms with E-state index in [1.165, 1.54) is 0 Å². The first-order chi connectivity index (χ1) is 9.09. The highest BCUT2D eigenvalue weighted by molar-refractivity contribution is 6.06. The molecule has 4 heteroatoms. The summed E-state index contributed by atoms with van der Waals surface area (Å²) in [7, 11) is 0. The highest BCUT2D eigenvalue weighted by Crippen LogP contribution is 2.37. The number of carbonyl (C=O) groups is 1. The van der Waals surface area contributed by atoms with Crippen LogP contribution in [-0.2, 0) is 4.74 Å². The van der Waals surface area contributed by atoms with Crippen LogP contribution in [0.4, 0.5) is 5.69 Å². The minimum Gasteiger partial charge on any atom is -0.398 e. The van der Waals surface area contributed by atoms with Gasteiger partial charge in [-0.25, -0.2) is 0 Å². The van der Waals surface area contributed by atoms with E-state index in [1.807, 2.05) is 6.92 Å². The van der Waals surface area contributed by atoms with Crippen LogP contribution >= 0.6 is 0 Å². The Morgan fingerprint density at radius 1 is 1.53 bits per heavy atom. The number of hydrogen-bond donors (Lipinski definition) is 1. The second kappa shape index (κ2) is 5.70. The van der Waals surface area contributed by atoms with Gasteiger partial charge in [-0.15, -0.1) is 0 Å². The molecule has 1 aliphatic rings. The van der Waals surface area contributed by atoms with Crippen molar-refractivity contribution in [3.63, 3.8) is 0 Å². The smallest absolute Gasteiger partial charge is 0.198 e. The first-order valence-electron chi connectivity index (χ1n) is 6.97. The quantitative estimate of drug-likeness (QED) is 0.847. The summed E-state index contributed by atoms with van der Waals surface area (Å²) in [5.41, 5.74) is 6.17. The van der Waals surface area contributed by atoms with E-state index in [4.69, 9.17) is 10.5 Å². The monoisotopic (exact) mass is 262 g/mol. The Morgan fingerprint density at radius 3 is 2.79 bits per heavy atom. The van der Waals surface area contributed by atoms with Gasteiger partial charge in [-0.3, -0.25) is 9.78 Å². The van der Waals surface area contributed by atoms with Gasteiger partial charge in [0.2, 0.25) is 0 Å². The van der Waals surface area contributed by atoms with E-state index >= 15 is 0 Å². The largest absolute Gasteiger partial charge is 0.398 e. The molecule has 0 amide bonds. The fraction of sp³-hybridized carbons (Fsp3) is 0.600. The molecule has 0 bridgehead atoms. The molecule has 4 nitrogen and oxygen atoms in total. The number of nitrogens with two attached hydrogens (primary N) is 1. The lowest BCUT2D eigenvalue weighted by Crippen LogP contribution is -2.45. The van der Waals surface area contributed by atoms with Crippen molar-refractivity contribution in [3.8, 4) is 0 Å². The number of ketones is 1. The second-order valence-corrected chi connectivity index (χ2v) is 5.40. The minimum atomic E-state index is -0.696. The van der Waals surface area contributed by atoms with Crippen molar-refractivity contribution in [2.45, 2.75) is 45.1 Å². The lowest BCUT2D eigenvalue weighted by Gasteiger charge is -2.38. The molecule has 0 spiro atoms. The fourth-order valence-corrected chi connectivity index (χ4v) is 2.78. The number of Topliss-reactive ketones (excluding diaryl/α,β-unsaturated/α-hetero) is 1. The zero-order valence-electron chi connectivity index (χ0n) is 11.7. The van der Waals surface area contributed by atoms with Gasteiger partial charge in [0.05, 0.1) is 5.56 Å². The third-order valence-corrected chi connectivity index (χ3v) is 4.02. The number of nitrogens with zero attached hydrogens (tertiary/aromatic N) is 1. The average molecular weight is 262 g/mol. The van der Waals surface area contributed by atoms with Gasteiger partial charge in [0.1, 0.15) is 5.60 Å². The minimum absolute atomic E-state index is 0.00755. The van der Waals surface area contributed by atoms with Crippen molar-refractivity contribution in [1.29, 1.82) is 0 Å². The maximum atomic E-state index is 12.8. The maximum Gasteiger partial charge on any atom is 0.198 e. The van der Waals surface area contributed by atoms with Crippen molar-refractivity contribution in [2.75, 3.05) is 12.3 Å². The third kappa shape index (κ3) is 2.78. The van der Waals surface area contributed by atoms with Gasteiger partial charge in [0.15, 0.2) is 5.78 Å². The molecule has 0 atom stereocenters. The molecule has 1 aromatic heterocycles. The molecule has 19 heavy (non-hydrogen) atoms. The summed E-state index contributed by atoms with van der Waals surface area (Å²) in [5.74, 6) is 0.652. The predicted octanol–water partition coefficient (Wildman–Crippen LogP) is 2.83. The summed E-state index contributed by atoms with van der Waals surface area (Å²) in [6.07, 6.45) is 6.74. The van der Waals surface area contributed by atoms with Crippen LogP contribution in [0.25, 0.3) is 0 Å². The van der Waals surface area contributed by atoms with Gasteiger partial charge in [-0.1, -0.05) is 6.92 Å². The molecule has 0 unspecified atom stereocenters. The van der Waals surface area contributed by atoms with Crippen molar-refractivity contribution in [1.82, 2.24) is 4.98 Å². The number of ether oxygens (including phenoxy) is 1. The molecule has 0 radical (unpaired) electrons. The van der Waals surface area contributed by atoms with Crippen LogP contribution < -0.4 is 5.73 Å². The van der Waals surface area contributed by atoms with Gasteiger partial charge in [-0.05, 0) is 44.6 Å². The van der Waals surface area contributed by atoms with E-state index in [2.05, 4.69) is 11.9 Å². The molecular weight excluding hydrogens is 240 g/mol. The Bertz CT molecular complexity index is 451. The summed E-state index contributed by atoms with van der Waals surface area (Å²) in [4.78, 5) is 16.8. The molecule has 2 N–H and O–H groups in total. The van der Waals surface area contributed by atoms with Crippen LogP contribution in [0.15, 0.2) is 18.5 Å². The van der Waals surface area contributed by atoms with E-state index in [9.17, 15) is 4.79 Å². The van der Waals surface area contributed by atoms with Crippen molar-refractivity contribution >= 4 is 11.5 Å². The summed E-state index contributed by atoms with van der Waals surface area (Å²) < 4.78 is 5.86. The lowest BCUT2D eigenvalue weighted by atomic mass is 9.75. The Balaban J connectivity index is 2.29. The number of aromatic nitrogens is 1. The standard InChI is InChI=1S/C15H22N2O2/c1-3-19-15(7-4-11(2)5-8-15)14(18)12-10-17-9-6-13(12)16/h6,9-11H,3-5,7-8H2,1-2H3,(H2,16,17). The molecule has 1 aliphatic carbocycles. The Kier molecular flexibility index (Phi) is 4.20. The van der Waals surface area contributed by atoms with Crippen LogP contribution in [0.3, 0.4) is 0 Å². The summed E-state index contributed by atoms with van der Waals surface area (Å²) in [5, 5.41) is 0. The number of rotatable bonds is 4. The summed E-state index contributed by atoms with van der Waals surface area (Å²) >= 11 is 0. The van der Waals surface area contributed by atoms with Crippen molar-refractivity contribution < 1.29 is 9.53 Å². The topological polar surface area (TPSA) is 65.2 Å². The van der Waals surface area contributed by atoms with Crippen LogP contribution in [-0.4, -0.2) is 23.0 Å². The van der Waals surface area contributed by atoms with Gasteiger partial charge in [0, 0.05) is 24.7 Å². The van der Waals surface area contributed by atoms with Gasteiger partial charge < -0.3 is 10.5 Å². The molecule has 2 rings (SSSR count). The number of carbonyl (C=O) groups excluding carboxylic acids is 1. The van der Waals surface area contributed by atoms with Crippen LogP contribution in [0, 0.1) is 5.92 Å². The SMILES string of the molecule is CCOC1(C(=O)c2cnccc2N)CCC(C)CC1. The zero-order chi connectivity index (χ0) is 13.9. The maximum absolute atomic E-state index is 12.8. The fourth-order valence-electron chi connectivity index (χ4n) is 2.78. The number of hydrogen-bond acceptors (Lipinski definition) is 4. The van der Waals surface area contributed by atoms with Gasteiger partial charge in [0.25, 0.3) is 0 Å². The molecule has 0 saturated heterocycles. The molecule has 0 aliphatic heterocycles. The lowest BCUT2D eigenvalue weighted by molar-refractivity contribution is -0.0473. The van der Waals surface area contributed by atoms with E-state index < -0.39 is 5.60 Å². The third-order valence-electron chi connectivity index (χ3n) is 4.02. The molecular formula is C15H22N2O2. The van der Waals surface area contributed by atoms with Gasteiger partial charge in [-0.2, -0.15) is 0 Å². The zero-order valence-corrected chi connectivity index (χ0v) is 11.7. The number of pyridine rings is 1. The van der Waals surface area contributed by atoms with E-state index in [0.717, 1.165) is 25.7 Å². The number of anilines is 1. The van der Waals surface area contributed by atoms with Crippen LogP contribution in [0.5, 0.6) is 0 Å². The molecule has 1 heterocycles. The highest BCUT2D eigenvalue weighted by atomic mass is 16.5. The predicted molar refractivity (Wildman–Crippen MR) is 75.0 cm³/mol. The Hall–Kier alpha value is -1.42. The molecule has 1 aromatic rings. The highest BCUT2D eigenvalue weighted by Gasteiger charge is 2.42. The normalized spacial score (nSPS) is 27.2. The first kappa shape index (κ1) is 14.0. The van der Waals surface area contributed by atoms with E-state index in [-0.39, 0.29) is 5.78 Å². The van der Waals surface area contributed by atoms with E-state index in [1.54, 1.807) is 18.5 Å². The Labute approximate surface area is 114 Å². The summed E-state index contributed by atoms with van der Waals surface area (Å²) in [6.45, 7) is 4.69. The second-order valence-electron chi connectivity index (χ2n) is 5.40. The average Bonchev–Trinajstić information content (AvgIpc) is 2.42. The molecule has 0 aromatic carbocycles. The van der Waals surface area contributed by atoms with Crippen molar-refractivity contribution in [2.24, 2.45) is 5.92 Å². The van der Waals surface area contributed by atoms with Crippen LogP contribution in [0.1, 0.15) is 49.9 Å². The number of nitrogen functional groups attached to an aromatic ring is 1. The van der Waals surface area contributed by atoms with Crippen LogP contribution in [0.2, 0.25) is 0 Å². The molecule has 1 fully saturated rings. The van der Waals surface area contributed by atoms with Crippen molar-refractivity contribution in [3.05, 3.63) is 24.0 Å². The Morgan fingerprint density at radius 2 is 2.21 bits per heavy atom. The molecule has 104 valence electrons. The van der Waals surface area contributed by atoms with E-state index in [0.29, 0.717) is 23.8 Å². The summed E-state index contributed by atoms with van der Waals surface area (Å²) in [6, 6.07) is 1.67.